The summed E-state index contributed by atoms with van der Waals surface area (Å²) in [6.45, 7) is 8.03. The summed E-state index contributed by atoms with van der Waals surface area (Å²) in [7, 11) is 2.14. The van der Waals surface area contributed by atoms with Crippen molar-refractivity contribution in [2.45, 2.75) is 32.4 Å². The number of fused-ring (bicyclic) bond motifs is 1. The molecule has 0 aromatic carbocycles. The number of ether oxygens (including phenoxy) is 1. The minimum absolute atomic E-state index is 0.164. The molecule has 0 aliphatic rings. The smallest absolute Gasteiger partial charge is 0.257 e. The third-order valence-corrected chi connectivity index (χ3v) is 7.80. The lowest BCUT2D eigenvalue weighted by atomic mass is 10.0. The van der Waals surface area contributed by atoms with Gasteiger partial charge in [0.1, 0.15) is 18.2 Å². The van der Waals surface area contributed by atoms with E-state index in [1.807, 2.05) is 16.8 Å². The van der Waals surface area contributed by atoms with Crippen LogP contribution in [0.2, 0.25) is 30.7 Å². The number of nitrogen functional groups attached to an aromatic ring is 1. The number of H-pyrrole nitrogens is 1. The highest BCUT2D eigenvalue weighted by molar-refractivity contribution is 6.76. The standard InChI is InChI=1S/C24H30ClN7O2Si/c1-31(2)24(33)16-10-15(11-27-22(16)26)17-12-28-23-20(21(17)25)18(19-6-7-29-30-19)13-32(23)14-34-8-9-35(3,4)5/h6-7,10-13H,8-9,14H2,1-5H3,(H2,26,27)(H,29,30). The van der Waals surface area contributed by atoms with Gasteiger partial charge in [-0.1, -0.05) is 31.2 Å². The van der Waals surface area contributed by atoms with Crippen molar-refractivity contribution in [3.05, 3.63) is 47.5 Å². The number of halogens is 1. The normalized spacial score (nSPS) is 11.8. The fourth-order valence-corrected chi connectivity index (χ4v) is 4.80. The monoisotopic (exact) mass is 511 g/mol. The number of carbonyl (C=O) groups is 1. The van der Waals surface area contributed by atoms with E-state index in [0.717, 1.165) is 22.7 Å². The lowest BCUT2D eigenvalue weighted by Crippen LogP contribution is -2.23. The van der Waals surface area contributed by atoms with Gasteiger partial charge >= 0.3 is 0 Å². The number of nitrogens with two attached hydrogens (primary N) is 1. The van der Waals surface area contributed by atoms with Gasteiger partial charge in [0.15, 0.2) is 0 Å². The van der Waals surface area contributed by atoms with Gasteiger partial charge < -0.3 is 19.9 Å². The lowest BCUT2D eigenvalue weighted by molar-refractivity contribution is 0.0828. The Bertz CT molecular complexity index is 1360. The molecule has 0 atom stereocenters. The molecule has 35 heavy (non-hydrogen) atoms. The molecule has 0 fully saturated rings. The molecular formula is C24H30ClN7O2Si. The number of nitrogens with one attached hydrogen (secondary N) is 1. The second kappa shape index (κ2) is 9.80. The Morgan fingerprint density at radius 1 is 1.23 bits per heavy atom. The average molecular weight is 512 g/mol. The Morgan fingerprint density at radius 3 is 2.66 bits per heavy atom. The molecule has 0 saturated heterocycles. The molecule has 3 N–H and O–H groups in total. The second-order valence-corrected chi connectivity index (χ2v) is 15.9. The first-order valence-electron chi connectivity index (χ1n) is 11.3. The van der Waals surface area contributed by atoms with Crippen molar-refractivity contribution in [1.82, 2.24) is 29.6 Å². The van der Waals surface area contributed by atoms with Crippen LogP contribution in [-0.2, 0) is 11.5 Å². The number of hydrogen-bond donors (Lipinski definition) is 2. The number of amides is 1. The Balaban J connectivity index is 1.78. The largest absolute Gasteiger partial charge is 0.383 e. The van der Waals surface area contributed by atoms with Crippen LogP contribution in [0.15, 0.2) is 36.9 Å². The molecule has 4 aromatic heterocycles. The summed E-state index contributed by atoms with van der Waals surface area (Å²) in [5.74, 6) is -0.0702. The van der Waals surface area contributed by atoms with Crippen molar-refractivity contribution in [2.24, 2.45) is 0 Å². The van der Waals surface area contributed by atoms with Crippen LogP contribution in [0.5, 0.6) is 0 Å². The maximum atomic E-state index is 12.6. The zero-order chi connectivity index (χ0) is 25.3. The molecule has 4 aromatic rings. The first kappa shape index (κ1) is 24.9. The SMILES string of the molecule is CN(C)C(=O)c1cc(-c2cnc3c(c(-c4ccn[nH]4)cn3COCC[Si](C)(C)C)c2Cl)cnc1N. The molecule has 4 heterocycles. The summed E-state index contributed by atoms with van der Waals surface area (Å²) in [6.07, 6.45) is 6.95. The molecule has 0 radical (unpaired) electrons. The zero-order valence-corrected chi connectivity index (χ0v) is 22.3. The molecule has 4 rings (SSSR count). The molecule has 0 aliphatic carbocycles. The van der Waals surface area contributed by atoms with Crippen molar-refractivity contribution < 1.29 is 9.53 Å². The fraction of sp³-hybridized carbons (Fsp3) is 0.333. The summed E-state index contributed by atoms with van der Waals surface area (Å²) in [6, 6.07) is 4.66. The van der Waals surface area contributed by atoms with E-state index < -0.39 is 8.07 Å². The van der Waals surface area contributed by atoms with E-state index in [1.165, 1.54) is 4.90 Å². The number of carbonyl (C=O) groups excluding carboxylic acids is 1. The molecule has 9 nitrogen and oxygen atoms in total. The van der Waals surface area contributed by atoms with Crippen molar-refractivity contribution in [2.75, 3.05) is 26.4 Å². The summed E-state index contributed by atoms with van der Waals surface area (Å²) in [5, 5.41) is 8.37. The van der Waals surface area contributed by atoms with Gasteiger partial charge in [0.25, 0.3) is 5.91 Å². The minimum Gasteiger partial charge on any atom is -0.383 e. The summed E-state index contributed by atoms with van der Waals surface area (Å²) < 4.78 is 7.94. The van der Waals surface area contributed by atoms with Crippen LogP contribution in [0, 0.1) is 0 Å². The van der Waals surface area contributed by atoms with Crippen molar-refractivity contribution >= 4 is 42.4 Å². The highest BCUT2D eigenvalue weighted by Crippen LogP contribution is 2.39. The number of aromatic nitrogens is 5. The van der Waals surface area contributed by atoms with Crippen LogP contribution in [-0.4, -0.2) is 64.3 Å². The predicted octanol–water partition coefficient (Wildman–Crippen LogP) is 4.74. The summed E-state index contributed by atoms with van der Waals surface area (Å²) >= 11 is 6.99. The summed E-state index contributed by atoms with van der Waals surface area (Å²) in [4.78, 5) is 23.0. The van der Waals surface area contributed by atoms with Gasteiger partial charge in [0, 0.05) is 75.6 Å². The van der Waals surface area contributed by atoms with E-state index in [9.17, 15) is 4.79 Å². The fourth-order valence-electron chi connectivity index (χ4n) is 3.70. The molecule has 1 amide bonds. The maximum absolute atomic E-state index is 12.6. The number of anilines is 1. The second-order valence-electron chi connectivity index (χ2n) is 9.87. The van der Waals surface area contributed by atoms with Crippen molar-refractivity contribution in [3.8, 4) is 22.4 Å². The van der Waals surface area contributed by atoms with Gasteiger partial charge in [-0.2, -0.15) is 5.10 Å². The number of rotatable bonds is 8. The molecule has 0 saturated carbocycles. The quantitative estimate of drug-likeness (QED) is 0.261. The first-order chi connectivity index (χ1) is 16.6. The summed E-state index contributed by atoms with van der Waals surface area (Å²) in [5.41, 5.74) is 9.96. The molecule has 0 spiro atoms. The van der Waals surface area contributed by atoms with E-state index in [2.05, 4.69) is 34.8 Å². The Kier molecular flexibility index (Phi) is 6.97. The Morgan fingerprint density at radius 2 is 2.00 bits per heavy atom. The van der Waals surface area contributed by atoms with E-state index in [4.69, 9.17) is 27.1 Å². The highest BCUT2D eigenvalue weighted by atomic mass is 35.5. The van der Waals surface area contributed by atoms with Crippen LogP contribution in [0.4, 0.5) is 5.82 Å². The average Bonchev–Trinajstić information content (AvgIpc) is 3.45. The van der Waals surface area contributed by atoms with Gasteiger partial charge in [0.2, 0.25) is 0 Å². The van der Waals surface area contributed by atoms with Crippen LogP contribution in [0.1, 0.15) is 10.4 Å². The van der Waals surface area contributed by atoms with Gasteiger partial charge in [-0.05, 0) is 18.2 Å². The van der Waals surface area contributed by atoms with Gasteiger partial charge in [0.05, 0.1) is 16.3 Å². The van der Waals surface area contributed by atoms with Crippen LogP contribution < -0.4 is 5.73 Å². The number of hydrogen-bond acceptors (Lipinski definition) is 6. The highest BCUT2D eigenvalue weighted by Gasteiger charge is 2.21. The van der Waals surface area contributed by atoms with E-state index in [-0.39, 0.29) is 11.7 Å². The van der Waals surface area contributed by atoms with Crippen LogP contribution >= 0.6 is 11.6 Å². The zero-order valence-electron chi connectivity index (χ0n) is 20.6. The number of nitrogens with zero attached hydrogens (tertiary/aromatic N) is 5. The molecule has 0 bridgehead atoms. The molecular weight excluding hydrogens is 482 g/mol. The maximum Gasteiger partial charge on any atom is 0.257 e. The third-order valence-electron chi connectivity index (χ3n) is 5.71. The minimum atomic E-state index is -1.19. The molecule has 184 valence electrons. The van der Waals surface area contributed by atoms with E-state index >= 15 is 0 Å². The van der Waals surface area contributed by atoms with Crippen molar-refractivity contribution in [3.63, 3.8) is 0 Å². The first-order valence-corrected chi connectivity index (χ1v) is 15.4. The van der Waals surface area contributed by atoms with E-state index in [0.29, 0.717) is 40.7 Å². The van der Waals surface area contributed by atoms with Crippen LogP contribution in [0.3, 0.4) is 0 Å². The van der Waals surface area contributed by atoms with Gasteiger partial charge in [-0.3, -0.25) is 9.89 Å². The van der Waals surface area contributed by atoms with E-state index in [1.54, 1.807) is 38.8 Å². The molecule has 0 unspecified atom stereocenters. The number of pyridine rings is 2. The Labute approximate surface area is 210 Å². The Hall–Kier alpha value is -3.21. The lowest BCUT2D eigenvalue weighted by Gasteiger charge is -2.15. The van der Waals surface area contributed by atoms with Gasteiger partial charge in [-0.25, -0.2) is 9.97 Å². The van der Waals surface area contributed by atoms with Gasteiger partial charge in [-0.15, -0.1) is 0 Å². The topological polar surface area (TPSA) is 115 Å². The number of aromatic amines is 1. The predicted molar refractivity (Wildman–Crippen MR) is 142 cm³/mol. The molecule has 11 heteroatoms. The van der Waals surface area contributed by atoms with Crippen LogP contribution in [0.25, 0.3) is 33.4 Å². The third kappa shape index (κ3) is 5.24. The molecule has 0 aliphatic heterocycles. The van der Waals surface area contributed by atoms with Crippen molar-refractivity contribution in [1.29, 1.82) is 0 Å².